The lowest BCUT2D eigenvalue weighted by Crippen LogP contribution is -2.42. The van der Waals surface area contributed by atoms with Gasteiger partial charge in [0.2, 0.25) is 0 Å². The molecule has 2 unspecified atom stereocenters. The number of aryl methyl sites for hydroxylation is 1. The molecule has 0 spiro atoms. The summed E-state index contributed by atoms with van der Waals surface area (Å²) in [6.07, 6.45) is 6.11. The Balaban J connectivity index is 1.56. The number of hydrogen-bond donors (Lipinski definition) is 1. The second-order valence-electron chi connectivity index (χ2n) is 6.53. The number of imidazole rings is 1. The summed E-state index contributed by atoms with van der Waals surface area (Å²) in [6, 6.07) is 5.82. The average Bonchev–Trinajstić information content (AvgIpc) is 3.00. The number of carbonyl (C=O) groups is 2. The first-order chi connectivity index (χ1) is 11.5. The van der Waals surface area contributed by atoms with Gasteiger partial charge in [-0.2, -0.15) is 0 Å². The van der Waals surface area contributed by atoms with Crippen LogP contribution in [0.15, 0.2) is 24.4 Å². The fraction of sp³-hybridized carbons (Fsp3) is 0.500. The molecule has 1 N–H and O–H groups in total. The van der Waals surface area contributed by atoms with Crippen molar-refractivity contribution in [3.05, 3.63) is 35.8 Å². The number of amides is 1. The van der Waals surface area contributed by atoms with Crippen molar-refractivity contribution in [3.8, 4) is 0 Å². The molecule has 2 atom stereocenters. The Morgan fingerprint density at radius 3 is 2.88 bits per heavy atom. The molecule has 0 saturated heterocycles. The SMILES string of the molecule is Cc1cccc2nc(C(=O)OCC(=O)NC3CCCCC3C)cn12. The van der Waals surface area contributed by atoms with Gasteiger partial charge in [0.15, 0.2) is 12.3 Å². The van der Waals surface area contributed by atoms with E-state index in [1.165, 1.54) is 6.42 Å². The summed E-state index contributed by atoms with van der Waals surface area (Å²) in [5, 5.41) is 2.97. The van der Waals surface area contributed by atoms with Crippen LogP contribution in [0, 0.1) is 12.8 Å². The highest BCUT2D eigenvalue weighted by atomic mass is 16.5. The highest BCUT2D eigenvalue weighted by Gasteiger charge is 2.23. The van der Waals surface area contributed by atoms with Crippen molar-refractivity contribution in [1.29, 1.82) is 0 Å². The third-order valence-corrected chi connectivity index (χ3v) is 4.70. The highest BCUT2D eigenvalue weighted by Crippen LogP contribution is 2.23. The van der Waals surface area contributed by atoms with Crippen LogP contribution in [0.1, 0.15) is 48.8 Å². The number of aromatic nitrogens is 2. The quantitative estimate of drug-likeness (QED) is 0.875. The topological polar surface area (TPSA) is 72.7 Å². The number of ether oxygens (including phenoxy) is 1. The van der Waals surface area contributed by atoms with Crippen LogP contribution in [-0.2, 0) is 9.53 Å². The summed E-state index contributed by atoms with van der Waals surface area (Å²) in [5.41, 5.74) is 1.87. The maximum atomic E-state index is 12.1. The lowest BCUT2D eigenvalue weighted by atomic mass is 9.86. The van der Waals surface area contributed by atoms with Gasteiger partial charge in [-0.1, -0.05) is 25.8 Å². The number of fused-ring (bicyclic) bond motifs is 1. The van der Waals surface area contributed by atoms with Gasteiger partial charge < -0.3 is 14.5 Å². The van der Waals surface area contributed by atoms with E-state index in [9.17, 15) is 9.59 Å². The summed E-state index contributed by atoms with van der Waals surface area (Å²) in [6.45, 7) is 3.81. The number of carbonyl (C=O) groups excluding carboxylic acids is 2. The Labute approximate surface area is 141 Å². The van der Waals surface area contributed by atoms with Gasteiger partial charge in [0, 0.05) is 17.9 Å². The predicted molar refractivity (Wildman–Crippen MR) is 89.8 cm³/mol. The second-order valence-corrected chi connectivity index (χ2v) is 6.53. The van der Waals surface area contributed by atoms with E-state index in [1.54, 1.807) is 6.20 Å². The number of esters is 1. The molecule has 0 aliphatic heterocycles. The van der Waals surface area contributed by atoms with E-state index in [2.05, 4.69) is 17.2 Å². The zero-order chi connectivity index (χ0) is 17.1. The van der Waals surface area contributed by atoms with Crippen molar-refractivity contribution >= 4 is 17.5 Å². The average molecular weight is 329 g/mol. The standard InChI is InChI=1S/C18H23N3O3/c1-12-6-3-4-8-14(12)20-17(22)11-24-18(23)15-10-21-13(2)7-5-9-16(21)19-15/h5,7,9-10,12,14H,3-4,6,8,11H2,1-2H3,(H,20,22). The number of pyridine rings is 1. The Morgan fingerprint density at radius 1 is 1.33 bits per heavy atom. The molecule has 2 aromatic heterocycles. The van der Waals surface area contributed by atoms with Crippen LogP contribution in [-0.4, -0.2) is 33.9 Å². The molecule has 0 aromatic carbocycles. The molecule has 2 heterocycles. The minimum Gasteiger partial charge on any atom is -0.451 e. The van der Waals surface area contributed by atoms with Crippen LogP contribution < -0.4 is 5.32 Å². The molecule has 0 radical (unpaired) electrons. The van der Waals surface area contributed by atoms with Gasteiger partial charge in [-0.25, -0.2) is 9.78 Å². The Kier molecular flexibility index (Phi) is 4.83. The fourth-order valence-electron chi connectivity index (χ4n) is 3.23. The third-order valence-electron chi connectivity index (χ3n) is 4.70. The van der Waals surface area contributed by atoms with Crippen LogP contribution in [0.4, 0.5) is 0 Å². The molecule has 6 heteroatoms. The first-order valence-electron chi connectivity index (χ1n) is 8.46. The number of nitrogens with zero attached hydrogens (tertiary/aromatic N) is 2. The largest absolute Gasteiger partial charge is 0.451 e. The van der Waals surface area contributed by atoms with E-state index >= 15 is 0 Å². The van der Waals surface area contributed by atoms with Crippen molar-refractivity contribution < 1.29 is 14.3 Å². The lowest BCUT2D eigenvalue weighted by molar-refractivity contribution is -0.125. The molecule has 2 aromatic rings. The highest BCUT2D eigenvalue weighted by molar-refractivity contribution is 5.90. The van der Waals surface area contributed by atoms with Crippen molar-refractivity contribution in [2.45, 2.75) is 45.6 Å². The smallest absolute Gasteiger partial charge is 0.359 e. The zero-order valence-corrected chi connectivity index (χ0v) is 14.1. The van der Waals surface area contributed by atoms with Gasteiger partial charge in [-0.15, -0.1) is 0 Å². The predicted octanol–water partition coefficient (Wildman–Crippen LogP) is 2.49. The monoisotopic (exact) mass is 329 g/mol. The van der Waals surface area contributed by atoms with Crippen LogP contribution in [0.2, 0.25) is 0 Å². The molecular weight excluding hydrogens is 306 g/mol. The van der Waals surface area contributed by atoms with Gasteiger partial charge in [-0.3, -0.25) is 4.79 Å². The maximum Gasteiger partial charge on any atom is 0.359 e. The molecule has 1 amide bonds. The van der Waals surface area contributed by atoms with Gasteiger partial charge >= 0.3 is 5.97 Å². The van der Waals surface area contributed by atoms with E-state index in [0.717, 1.165) is 25.0 Å². The van der Waals surface area contributed by atoms with E-state index in [4.69, 9.17) is 4.74 Å². The van der Waals surface area contributed by atoms with E-state index in [1.807, 2.05) is 29.5 Å². The van der Waals surface area contributed by atoms with Crippen molar-refractivity contribution in [1.82, 2.24) is 14.7 Å². The summed E-state index contributed by atoms with van der Waals surface area (Å²) >= 11 is 0. The van der Waals surface area contributed by atoms with Gasteiger partial charge in [0.05, 0.1) is 0 Å². The van der Waals surface area contributed by atoms with Gasteiger partial charge in [-0.05, 0) is 37.8 Å². The van der Waals surface area contributed by atoms with Crippen molar-refractivity contribution in [3.63, 3.8) is 0 Å². The molecular formula is C18H23N3O3. The summed E-state index contributed by atoms with van der Waals surface area (Å²) in [5.74, 6) is -0.355. The normalized spacial score (nSPS) is 20.8. The number of nitrogens with one attached hydrogen (secondary N) is 1. The third kappa shape index (κ3) is 3.58. The molecule has 1 saturated carbocycles. The van der Waals surface area contributed by atoms with Crippen LogP contribution in [0.3, 0.4) is 0 Å². The second kappa shape index (κ2) is 7.03. The summed E-state index contributed by atoms with van der Waals surface area (Å²) in [4.78, 5) is 28.3. The van der Waals surface area contributed by atoms with Crippen LogP contribution >= 0.6 is 0 Å². The summed E-state index contributed by atoms with van der Waals surface area (Å²) < 4.78 is 6.93. The molecule has 1 aliphatic rings. The molecule has 0 bridgehead atoms. The Bertz CT molecular complexity index is 753. The lowest BCUT2D eigenvalue weighted by Gasteiger charge is -2.29. The number of hydrogen-bond acceptors (Lipinski definition) is 4. The van der Waals surface area contributed by atoms with Gasteiger partial charge in [0.1, 0.15) is 5.65 Å². The Hall–Kier alpha value is -2.37. The molecule has 128 valence electrons. The van der Waals surface area contributed by atoms with Crippen LogP contribution in [0.25, 0.3) is 5.65 Å². The van der Waals surface area contributed by atoms with Gasteiger partial charge in [0.25, 0.3) is 5.91 Å². The maximum absolute atomic E-state index is 12.1. The van der Waals surface area contributed by atoms with E-state index in [-0.39, 0.29) is 24.2 Å². The minimum absolute atomic E-state index is 0.183. The molecule has 3 rings (SSSR count). The first-order valence-corrected chi connectivity index (χ1v) is 8.46. The van der Waals surface area contributed by atoms with Crippen molar-refractivity contribution in [2.24, 2.45) is 5.92 Å². The molecule has 6 nitrogen and oxygen atoms in total. The Morgan fingerprint density at radius 2 is 2.12 bits per heavy atom. The van der Waals surface area contributed by atoms with Crippen LogP contribution in [0.5, 0.6) is 0 Å². The first kappa shape index (κ1) is 16.5. The summed E-state index contributed by atoms with van der Waals surface area (Å²) in [7, 11) is 0. The fourth-order valence-corrected chi connectivity index (χ4v) is 3.23. The molecule has 1 aliphatic carbocycles. The van der Waals surface area contributed by atoms with E-state index in [0.29, 0.717) is 11.6 Å². The van der Waals surface area contributed by atoms with Crippen molar-refractivity contribution in [2.75, 3.05) is 6.61 Å². The molecule has 24 heavy (non-hydrogen) atoms. The molecule has 1 fully saturated rings. The zero-order valence-electron chi connectivity index (χ0n) is 14.1. The minimum atomic E-state index is -0.579. The number of rotatable bonds is 4. The van der Waals surface area contributed by atoms with E-state index < -0.39 is 5.97 Å².